The van der Waals surface area contributed by atoms with Crippen molar-refractivity contribution in [1.82, 2.24) is 10.9 Å². The van der Waals surface area contributed by atoms with Crippen LogP contribution < -0.4 is 20.3 Å². The minimum Gasteiger partial charge on any atom is -0.484 e. The van der Waals surface area contributed by atoms with E-state index in [1.807, 2.05) is 44.2 Å². The summed E-state index contributed by atoms with van der Waals surface area (Å²) in [6.45, 7) is 3.46. The zero-order valence-corrected chi connectivity index (χ0v) is 15.6. The Morgan fingerprint density at radius 3 is 2.20 bits per heavy atom. The molecule has 6 nitrogen and oxygen atoms in total. The average molecular weight is 407 g/mol. The van der Waals surface area contributed by atoms with Gasteiger partial charge in [-0.1, -0.05) is 18.2 Å². The lowest BCUT2D eigenvalue weighted by Crippen LogP contribution is -2.45. The molecule has 0 aliphatic heterocycles. The summed E-state index contributed by atoms with van der Waals surface area (Å²) in [4.78, 5) is 23.4. The molecule has 0 spiro atoms. The molecule has 25 heavy (non-hydrogen) atoms. The second kappa shape index (κ2) is 9.08. The molecule has 0 saturated heterocycles. The molecular weight excluding hydrogens is 388 g/mol. The van der Waals surface area contributed by atoms with E-state index < -0.39 is 11.8 Å². The molecular formula is C18H19BrN2O4. The molecule has 0 aliphatic carbocycles. The van der Waals surface area contributed by atoms with Crippen LogP contribution >= 0.6 is 15.9 Å². The standard InChI is InChI=1S/C18H19BrN2O4/c1-12-4-3-5-14(8-12)24-10-17(22)20-21-18(23)11-25-16-7-6-13(2)9-15(16)19/h3-9H,10-11H2,1-2H3,(H,20,22)(H,21,23). The van der Waals surface area contributed by atoms with Crippen LogP contribution in [0, 0.1) is 13.8 Å². The number of hydrogen-bond donors (Lipinski definition) is 2. The average Bonchev–Trinajstić information content (AvgIpc) is 2.57. The minimum absolute atomic E-state index is 0.200. The minimum atomic E-state index is -0.476. The van der Waals surface area contributed by atoms with Crippen LogP contribution in [0.5, 0.6) is 11.5 Å². The fraction of sp³-hybridized carbons (Fsp3) is 0.222. The van der Waals surface area contributed by atoms with Gasteiger partial charge < -0.3 is 9.47 Å². The molecule has 2 aromatic rings. The Morgan fingerprint density at radius 1 is 0.920 bits per heavy atom. The maximum atomic E-state index is 11.7. The van der Waals surface area contributed by atoms with Gasteiger partial charge in [0, 0.05) is 0 Å². The fourth-order valence-corrected chi connectivity index (χ4v) is 2.54. The van der Waals surface area contributed by atoms with E-state index in [1.165, 1.54) is 0 Å². The van der Waals surface area contributed by atoms with Crippen LogP contribution in [-0.2, 0) is 9.59 Å². The van der Waals surface area contributed by atoms with Crippen LogP contribution in [-0.4, -0.2) is 25.0 Å². The highest BCUT2D eigenvalue weighted by molar-refractivity contribution is 9.10. The number of carbonyl (C=O) groups excluding carboxylic acids is 2. The number of halogens is 1. The van der Waals surface area contributed by atoms with Crippen molar-refractivity contribution in [2.75, 3.05) is 13.2 Å². The van der Waals surface area contributed by atoms with E-state index >= 15 is 0 Å². The van der Waals surface area contributed by atoms with Gasteiger partial charge in [-0.15, -0.1) is 0 Å². The smallest absolute Gasteiger partial charge is 0.276 e. The maximum Gasteiger partial charge on any atom is 0.276 e. The lowest BCUT2D eigenvalue weighted by atomic mass is 10.2. The molecule has 7 heteroatoms. The zero-order chi connectivity index (χ0) is 18.2. The first-order chi connectivity index (χ1) is 11.9. The van der Waals surface area contributed by atoms with Gasteiger partial charge in [0.25, 0.3) is 11.8 Å². The Balaban J connectivity index is 1.69. The molecule has 2 amide bonds. The number of amides is 2. The number of hydrazine groups is 1. The van der Waals surface area contributed by atoms with Gasteiger partial charge >= 0.3 is 0 Å². The van der Waals surface area contributed by atoms with Crippen molar-refractivity contribution in [2.45, 2.75) is 13.8 Å². The topological polar surface area (TPSA) is 76.7 Å². The summed E-state index contributed by atoms with van der Waals surface area (Å²) in [6, 6.07) is 12.9. The van der Waals surface area contributed by atoms with Gasteiger partial charge in [0.2, 0.25) is 0 Å². The van der Waals surface area contributed by atoms with Crippen molar-refractivity contribution in [3.8, 4) is 11.5 Å². The summed E-state index contributed by atoms with van der Waals surface area (Å²) in [7, 11) is 0. The van der Waals surface area contributed by atoms with Crippen molar-refractivity contribution in [2.24, 2.45) is 0 Å². The van der Waals surface area contributed by atoms with E-state index in [1.54, 1.807) is 12.1 Å². The van der Waals surface area contributed by atoms with Crippen LogP contribution in [0.4, 0.5) is 0 Å². The van der Waals surface area contributed by atoms with Crippen molar-refractivity contribution in [3.05, 3.63) is 58.1 Å². The van der Waals surface area contributed by atoms with E-state index in [0.29, 0.717) is 11.5 Å². The van der Waals surface area contributed by atoms with Gasteiger partial charge in [0.1, 0.15) is 11.5 Å². The molecule has 0 atom stereocenters. The van der Waals surface area contributed by atoms with E-state index in [4.69, 9.17) is 9.47 Å². The molecule has 0 heterocycles. The van der Waals surface area contributed by atoms with E-state index in [-0.39, 0.29) is 13.2 Å². The first-order valence-corrected chi connectivity index (χ1v) is 8.39. The van der Waals surface area contributed by atoms with Gasteiger partial charge in [0.15, 0.2) is 13.2 Å². The zero-order valence-electron chi connectivity index (χ0n) is 14.0. The molecule has 0 bridgehead atoms. The summed E-state index contributed by atoms with van der Waals surface area (Å²) in [6.07, 6.45) is 0. The van der Waals surface area contributed by atoms with Crippen LogP contribution in [0.2, 0.25) is 0 Å². The third-order valence-corrected chi connectivity index (χ3v) is 3.77. The monoisotopic (exact) mass is 406 g/mol. The van der Waals surface area contributed by atoms with Gasteiger partial charge in [0.05, 0.1) is 4.47 Å². The van der Waals surface area contributed by atoms with Crippen molar-refractivity contribution in [3.63, 3.8) is 0 Å². The number of rotatable bonds is 6. The lowest BCUT2D eigenvalue weighted by Gasteiger charge is -2.11. The molecule has 0 fully saturated rings. The molecule has 0 aliphatic rings. The number of hydrogen-bond acceptors (Lipinski definition) is 4. The van der Waals surface area contributed by atoms with Gasteiger partial charge in [-0.3, -0.25) is 20.4 Å². The largest absolute Gasteiger partial charge is 0.484 e. The Morgan fingerprint density at radius 2 is 1.56 bits per heavy atom. The second-order valence-corrected chi connectivity index (χ2v) is 6.28. The fourth-order valence-electron chi connectivity index (χ4n) is 1.93. The van der Waals surface area contributed by atoms with Crippen molar-refractivity contribution in [1.29, 1.82) is 0 Å². The Kier molecular flexibility index (Phi) is 6.82. The third-order valence-electron chi connectivity index (χ3n) is 3.15. The molecule has 2 N–H and O–H groups in total. The summed E-state index contributed by atoms with van der Waals surface area (Å²) in [5.74, 6) is 0.201. The van der Waals surface area contributed by atoms with Crippen LogP contribution in [0.3, 0.4) is 0 Å². The number of benzene rings is 2. The quantitative estimate of drug-likeness (QED) is 0.722. The molecule has 0 radical (unpaired) electrons. The van der Waals surface area contributed by atoms with Gasteiger partial charge in [-0.2, -0.15) is 0 Å². The normalized spacial score (nSPS) is 10.0. The van der Waals surface area contributed by atoms with Gasteiger partial charge in [-0.25, -0.2) is 0 Å². The Bertz CT molecular complexity index is 764. The molecule has 2 rings (SSSR count). The first kappa shape index (κ1) is 18.8. The summed E-state index contributed by atoms with van der Waals surface area (Å²) < 4.78 is 11.5. The third kappa shape index (κ3) is 6.46. The van der Waals surface area contributed by atoms with Crippen molar-refractivity contribution >= 4 is 27.7 Å². The molecule has 0 unspecified atom stereocenters. The predicted octanol–water partition coefficient (Wildman–Crippen LogP) is 2.67. The SMILES string of the molecule is Cc1cccc(OCC(=O)NNC(=O)COc2ccc(C)cc2Br)c1. The summed E-state index contributed by atoms with van der Waals surface area (Å²) in [5.41, 5.74) is 6.65. The molecule has 0 aromatic heterocycles. The van der Waals surface area contributed by atoms with Crippen LogP contribution in [0.15, 0.2) is 46.9 Å². The number of aryl methyl sites for hydroxylation is 2. The van der Waals surface area contributed by atoms with Crippen LogP contribution in [0.25, 0.3) is 0 Å². The first-order valence-electron chi connectivity index (χ1n) is 7.60. The highest BCUT2D eigenvalue weighted by Gasteiger charge is 2.08. The number of nitrogens with one attached hydrogen (secondary N) is 2. The summed E-state index contributed by atoms with van der Waals surface area (Å²) in [5, 5.41) is 0. The molecule has 132 valence electrons. The number of ether oxygens (including phenoxy) is 2. The van der Waals surface area contributed by atoms with E-state index in [2.05, 4.69) is 26.8 Å². The van der Waals surface area contributed by atoms with Crippen LogP contribution in [0.1, 0.15) is 11.1 Å². The highest BCUT2D eigenvalue weighted by atomic mass is 79.9. The maximum absolute atomic E-state index is 11.7. The Hall–Kier alpha value is -2.54. The lowest BCUT2D eigenvalue weighted by molar-refractivity contribution is -0.131. The second-order valence-electron chi connectivity index (χ2n) is 5.42. The van der Waals surface area contributed by atoms with Crippen molar-refractivity contribution < 1.29 is 19.1 Å². The molecule has 0 saturated carbocycles. The van der Waals surface area contributed by atoms with E-state index in [0.717, 1.165) is 15.6 Å². The summed E-state index contributed by atoms with van der Waals surface area (Å²) >= 11 is 3.36. The van der Waals surface area contributed by atoms with Gasteiger partial charge in [-0.05, 0) is 65.2 Å². The van der Waals surface area contributed by atoms with E-state index in [9.17, 15) is 9.59 Å². The Labute approximate surface area is 154 Å². The highest BCUT2D eigenvalue weighted by Crippen LogP contribution is 2.25. The predicted molar refractivity (Wildman–Crippen MR) is 97.3 cm³/mol. The number of carbonyl (C=O) groups is 2. The molecule has 2 aromatic carbocycles.